The fraction of sp³-hybridized carbons (Fsp3) is 0.400. The van der Waals surface area contributed by atoms with Crippen molar-refractivity contribution >= 4 is 21.7 Å². The normalized spacial score (nSPS) is 21.9. The fourth-order valence-corrected chi connectivity index (χ4v) is 3.80. The Kier molecular flexibility index (Phi) is 3.96. The zero-order valence-electron chi connectivity index (χ0n) is 11.8. The minimum absolute atomic E-state index is 0.263. The van der Waals surface area contributed by atoms with Crippen molar-refractivity contribution in [2.75, 3.05) is 11.9 Å². The molecule has 0 spiro atoms. The van der Waals surface area contributed by atoms with Gasteiger partial charge in [0.1, 0.15) is 4.90 Å². The number of hydrogen-bond donors (Lipinski definition) is 2. The Balaban J connectivity index is 1.70. The lowest BCUT2D eigenvalue weighted by atomic mass is 9.97. The van der Waals surface area contributed by atoms with Gasteiger partial charge in [0.2, 0.25) is 5.96 Å². The highest BCUT2D eigenvalue weighted by atomic mass is 32.2. The number of para-hydroxylation sites is 1. The molecule has 0 unspecified atom stereocenters. The van der Waals surface area contributed by atoms with Crippen LogP contribution in [0.1, 0.15) is 32.1 Å². The van der Waals surface area contributed by atoms with Crippen LogP contribution in [0.25, 0.3) is 0 Å². The molecular weight excluding hydrogens is 286 g/mol. The third-order valence-corrected chi connectivity index (χ3v) is 5.15. The van der Waals surface area contributed by atoms with E-state index >= 15 is 0 Å². The largest absolute Gasteiger partial charge is 0.324 e. The quantitative estimate of drug-likeness (QED) is 0.843. The SMILES string of the molecule is O=S1(=O)NC(=NCCC2=CCCCC2)Nc2ccccc21. The minimum Gasteiger partial charge on any atom is -0.324 e. The first kappa shape index (κ1) is 14.1. The van der Waals surface area contributed by atoms with E-state index in [4.69, 9.17) is 0 Å². The van der Waals surface area contributed by atoms with Crippen molar-refractivity contribution in [1.82, 2.24) is 4.72 Å². The third kappa shape index (κ3) is 3.26. The molecule has 112 valence electrons. The number of hydrogen-bond acceptors (Lipinski definition) is 3. The molecule has 2 aliphatic rings. The molecule has 0 bridgehead atoms. The summed E-state index contributed by atoms with van der Waals surface area (Å²) >= 11 is 0. The second kappa shape index (κ2) is 5.89. The molecule has 0 radical (unpaired) electrons. The predicted octanol–water partition coefficient (Wildman–Crippen LogP) is 2.64. The summed E-state index contributed by atoms with van der Waals surface area (Å²) in [5.41, 5.74) is 2.01. The van der Waals surface area contributed by atoms with Crippen LogP contribution in [0.2, 0.25) is 0 Å². The summed E-state index contributed by atoms with van der Waals surface area (Å²) in [6, 6.07) is 6.83. The topological polar surface area (TPSA) is 70.6 Å². The maximum atomic E-state index is 12.1. The molecule has 5 nitrogen and oxygen atoms in total. The van der Waals surface area contributed by atoms with Crippen molar-refractivity contribution in [3.63, 3.8) is 0 Å². The van der Waals surface area contributed by atoms with Crippen molar-refractivity contribution in [2.45, 2.75) is 37.0 Å². The maximum absolute atomic E-state index is 12.1. The molecule has 0 saturated heterocycles. The van der Waals surface area contributed by atoms with Crippen molar-refractivity contribution in [1.29, 1.82) is 0 Å². The monoisotopic (exact) mass is 305 g/mol. The molecule has 3 rings (SSSR count). The van der Waals surface area contributed by atoms with Crippen LogP contribution in [0.3, 0.4) is 0 Å². The van der Waals surface area contributed by atoms with Gasteiger partial charge in [-0.2, -0.15) is 0 Å². The summed E-state index contributed by atoms with van der Waals surface area (Å²) in [6.07, 6.45) is 8.01. The lowest BCUT2D eigenvalue weighted by Crippen LogP contribution is -2.40. The third-order valence-electron chi connectivity index (χ3n) is 3.75. The van der Waals surface area contributed by atoms with Gasteiger partial charge in [0.15, 0.2) is 0 Å². The van der Waals surface area contributed by atoms with E-state index in [1.807, 2.05) is 0 Å². The number of nitrogens with one attached hydrogen (secondary N) is 2. The first-order chi connectivity index (χ1) is 10.1. The van der Waals surface area contributed by atoms with E-state index in [0.29, 0.717) is 18.2 Å². The van der Waals surface area contributed by atoms with Gasteiger partial charge in [-0.05, 0) is 44.2 Å². The van der Waals surface area contributed by atoms with E-state index in [1.54, 1.807) is 24.3 Å². The second-order valence-corrected chi connectivity index (χ2v) is 6.97. The number of nitrogens with zero attached hydrogens (tertiary/aromatic N) is 1. The highest BCUT2D eigenvalue weighted by Gasteiger charge is 2.25. The average molecular weight is 305 g/mol. The predicted molar refractivity (Wildman–Crippen MR) is 83.9 cm³/mol. The van der Waals surface area contributed by atoms with Crippen LogP contribution in [-0.4, -0.2) is 20.9 Å². The van der Waals surface area contributed by atoms with E-state index in [0.717, 1.165) is 19.3 Å². The summed E-state index contributed by atoms with van der Waals surface area (Å²) in [5, 5.41) is 3.03. The molecule has 1 heterocycles. The summed E-state index contributed by atoms with van der Waals surface area (Å²) in [6.45, 7) is 0.596. The number of anilines is 1. The van der Waals surface area contributed by atoms with Crippen LogP contribution in [0.4, 0.5) is 5.69 Å². The number of aliphatic imine (C=N–C) groups is 1. The number of sulfonamides is 1. The first-order valence-electron chi connectivity index (χ1n) is 7.26. The molecule has 2 N–H and O–H groups in total. The Morgan fingerprint density at radius 3 is 2.86 bits per heavy atom. The van der Waals surface area contributed by atoms with Gasteiger partial charge >= 0.3 is 0 Å². The average Bonchev–Trinajstić information content (AvgIpc) is 2.48. The molecular formula is C15H19N3O2S. The Bertz CT molecular complexity index is 693. The maximum Gasteiger partial charge on any atom is 0.266 e. The summed E-state index contributed by atoms with van der Waals surface area (Å²) in [5.74, 6) is 0.310. The van der Waals surface area contributed by atoms with E-state index < -0.39 is 10.0 Å². The van der Waals surface area contributed by atoms with Crippen LogP contribution in [-0.2, 0) is 10.0 Å². The minimum atomic E-state index is -3.50. The number of guanidine groups is 1. The van der Waals surface area contributed by atoms with Gasteiger partial charge in [-0.15, -0.1) is 0 Å². The molecule has 0 atom stereocenters. The van der Waals surface area contributed by atoms with Crippen LogP contribution in [0, 0.1) is 0 Å². The van der Waals surface area contributed by atoms with Crippen LogP contribution in [0.15, 0.2) is 45.8 Å². The summed E-state index contributed by atoms with van der Waals surface area (Å²) < 4.78 is 26.7. The lowest BCUT2D eigenvalue weighted by Gasteiger charge is -2.21. The van der Waals surface area contributed by atoms with Gasteiger partial charge in [0, 0.05) is 6.54 Å². The molecule has 0 aromatic heterocycles. The highest BCUT2D eigenvalue weighted by molar-refractivity contribution is 7.90. The van der Waals surface area contributed by atoms with Gasteiger partial charge in [0.05, 0.1) is 5.69 Å². The van der Waals surface area contributed by atoms with Crippen molar-refractivity contribution in [3.8, 4) is 0 Å². The number of allylic oxidation sites excluding steroid dienone is 1. The van der Waals surface area contributed by atoms with E-state index in [2.05, 4.69) is 21.1 Å². The van der Waals surface area contributed by atoms with Gasteiger partial charge in [-0.25, -0.2) is 13.1 Å². The van der Waals surface area contributed by atoms with E-state index in [1.165, 1.54) is 18.4 Å². The molecule has 0 fully saturated rings. The lowest BCUT2D eigenvalue weighted by molar-refractivity contribution is 0.591. The Morgan fingerprint density at radius 2 is 2.05 bits per heavy atom. The molecule has 0 saturated carbocycles. The summed E-state index contributed by atoms with van der Waals surface area (Å²) in [4.78, 5) is 4.61. The second-order valence-electron chi connectivity index (χ2n) is 5.32. The molecule has 1 aliphatic heterocycles. The Labute approximate surface area is 125 Å². The van der Waals surface area contributed by atoms with Crippen molar-refractivity contribution in [2.24, 2.45) is 4.99 Å². The number of fused-ring (bicyclic) bond motifs is 1. The van der Waals surface area contributed by atoms with Gasteiger partial charge in [-0.1, -0.05) is 23.8 Å². The first-order valence-corrected chi connectivity index (χ1v) is 8.75. The number of rotatable bonds is 3. The number of benzene rings is 1. The van der Waals surface area contributed by atoms with Crippen molar-refractivity contribution < 1.29 is 8.42 Å². The molecule has 0 amide bonds. The zero-order valence-corrected chi connectivity index (χ0v) is 12.6. The Hall–Kier alpha value is -1.82. The van der Waals surface area contributed by atoms with E-state index in [-0.39, 0.29) is 4.90 Å². The van der Waals surface area contributed by atoms with Gasteiger partial charge < -0.3 is 5.32 Å². The zero-order chi connectivity index (χ0) is 14.7. The molecule has 6 heteroatoms. The molecule has 1 aromatic rings. The van der Waals surface area contributed by atoms with Gasteiger partial charge in [0.25, 0.3) is 10.0 Å². The van der Waals surface area contributed by atoms with Gasteiger partial charge in [-0.3, -0.25) is 4.99 Å². The summed E-state index contributed by atoms with van der Waals surface area (Å²) in [7, 11) is -3.50. The van der Waals surface area contributed by atoms with E-state index in [9.17, 15) is 8.42 Å². The Morgan fingerprint density at radius 1 is 1.19 bits per heavy atom. The van der Waals surface area contributed by atoms with Crippen molar-refractivity contribution in [3.05, 3.63) is 35.9 Å². The van der Waals surface area contributed by atoms with Crippen LogP contribution < -0.4 is 10.0 Å². The smallest absolute Gasteiger partial charge is 0.266 e. The molecule has 1 aliphatic carbocycles. The standard InChI is InChI=1S/C15H19N3O2S/c19-21(20)14-9-5-4-8-13(14)17-15(18-21)16-11-10-12-6-2-1-3-7-12/h4-6,8-9H,1-3,7,10-11H2,(H2,16,17,18). The van der Waals surface area contributed by atoms with Crippen LogP contribution in [0.5, 0.6) is 0 Å². The van der Waals surface area contributed by atoms with Crippen LogP contribution >= 0.6 is 0 Å². The molecule has 1 aromatic carbocycles. The fourth-order valence-electron chi connectivity index (χ4n) is 2.65. The highest BCUT2D eigenvalue weighted by Crippen LogP contribution is 2.24. The molecule has 21 heavy (non-hydrogen) atoms.